The van der Waals surface area contributed by atoms with Gasteiger partial charge in [0, 0.05) is 10.6 Å². The Morgan fingerprint density at radius 3 is 3.00 bits per heavy atom. The lowest BCUT2D eigenvalue weighted by atomic mass is 10.3. The first-order valence-corrected chi connectivity index (χ1v) is 8.28. The quantitative estimate of drug-likeness (QED) is 0.787. The van der Waals surface area contributed by atoms with Crippen LogP contribution in [-0.2, 0) is 4.79 Å². The van der Waals surface area contributed by atoms with Crippen molar-refractivity contribution in [3.8, 4) is 11.6 Å². The summed E-state index contributed by atoms with van der Waals surface area (Å²) in [7, 11) is 0. The Hall–Kier alpha value is -2.87. The molecule has 4 rings (SSSR count). The number of amides is 1. The van der Waals surface area contributed by atoms with E-state index in [0.29, 0.717) is 17.3 Å². The third kappa shape index (κ3) is 2.95. The van der Waals surface area contributed by atoms with E-state index in [1.54, 1.807) is 41.1 Å². The fourth-order valence-corrected chi connectivity index (χ4v) is 3.28. The molecule has 1 aromatic carbocycles. The molecule has 0 unspecified atom stereocenters. The first-order valence-electron chi connectivity index (χ1n) is 7.30. The zero-order valence-corrected chi connectivity index (χ0v) is 13.3. The lowest BCUT2D eigenvalue weighted by Gasteiger charge is -2.24. The molecule has 1 aliphatic rings. The Labute approximate surface area is 142 Å². The van der Waals surface area contributed by atoms with E-state index in [4.69, 9.17) is 4.74 Å². The number of rotatable bonds is 3. The summed E-state index contributed by atoms with van der Waals surface area (Å²) in [4.78, 5) is 21.6. The second-order valence-electron chi connectivity index (χ2n) is 5.10. The van der Waals surface area contributed by atoms with Gasteiger partial charge in [-0.1, -0.05) is 12.1 Å². The Bertz CT molecular complexity index is 851. The highest BCUT2D eigenvalue weighted by atomic mass is 32.2. The minimum atomic E-state index is -0.528. The van der Waals surface area contributed by atoms with Crippen molar-refractivity contribution in [1.82, 2.24) is 19.7 Å². The van der Waals surface area contributed by atoms with Crippen molar-refractivity contribution in [2.45, 2.75) is 11.0 Å². The first-order chi connectivity index (χ1) is 11.8. The van der Waals surface area contributed by atoms with Crippen molar-refractivity contribution in [2.24, 2.45) is 0 Å². The number of hydrogen-bond acceptors (Lipinski definition) is 6. The second kappa shape index (κ2) is 6.32. The predicted molar refractivity (Wildman–Crippen MR) is 89.4 cm³/mol. The lowest BCUT2D eigenvalue weighted by Crippen LogP contribution is -2.36. The molecule has 8 heteroatoms. The molecular formula is C16H13N5O2S. The number of benzene rings is 1. The summed E-state index contributed by atoms with van der Waals surface area (Å²) in [6.45, 7) is 0. The summed E-state index contributed by atoms with van der Waals surface area (Å²) in [6.07, 6.45) is 4.05. The maximum atomic E-state index is 12.4. The SMILES string of the molecule is O=C(Nc1ccc(-n2cncn2)nc1)[C@H]1CSc2ccccc2O1. The van der Waals surface area contributed by atoms with Crippen LogP contribution in [-0.4, -0.2) is 37.5 Å². The molecule has 120 valence electrons. The largest absolute Gasteiger partial charge is 0.479 e. The summed E-state index contributed by atoms with van der Waals surface area (Å²) in [5.74, 6) is 1.76. The number of carbonyl (C=O) groups excluding carboxylic acids is 1. The third-order valence-corrected chi connectivity index (χ3v) is 4.59. The number of nitrogens with one attached hydrogen (secondary N) is 1. The highest BCUT2D eigenvalue weighted by Crippen LogP contribution is 2.35. The molecule has 24 heavy (non-hydrogen) atoms. The number of fused-ring (bicyclic) bond motifs is 1. The van der Waals surface area contributed by atoms with Crippen LogP contribution >= 0.6 is 11.8 Å². The molecule has 7 nitrogen and oxygen atoms in total. The Morgan fingerprint density at radius 1 is 1.29 bits per heavy atom. The molecule has 0 saturated heterocycles. The molecule has 1 N–H and O–H groups in total. The Morgan fingerprint density at radius 2 is 2.21 bits per heavy atom. The van der Waals surface area contributed by atoms with Crippen molar-refractivity contribution >= 4 is 23.4 Å². The van der Waals surface area contributed by atoms with Crippen LogP contribution in [0.15, 0.2) is 60.1 Å². The smallest absolute Gasteiger partial charge is 0.266 e. The molecule has 0 bridgehead atoms. The Kier molecular flexibility index (Phi) is 3.87. The number of pyridine rings is 1. The van der Waals surface area contributed by atoms with Crippen LogP contribution in [0.5, 0.6) is 5.75 Å². The highest BCUT2D eigenvalue weighted by molar-refractivity contribution is 7.99. The van der Waals surface area contributed by atoms with E-state index >= 15 is 0 Å². The number of aromatic nitrogens is 4. The molecule has 3 heterocycles. The van der Waals surface area contributed by atoms with Gasteiger partial charge in [-0.15, -0.1) is 11.8 Å². The van der Waals surface area contributed by atoms with E-state index in [2.05, 4.69) is 20.4 Å². The van der Waals surface area contributed by atoms with Gasteiger partial charge >= 0.3 is 0 Å². The molecule has 0 radical (unpaired) electrons. The summed E-state index contributed by atoms with van der Waals surface area (Å²) in [5.41, 5.74) is 0.608. The van der Waals surface area contributed by atoms with Crippen LogP contribution in [0.1, 0.15) is 0 Å². The van der Waals surface area contributed by atoms with E-state index in [1.165, 1.54) is 6.33 Å². The number of ether oxygens (including phenoxy) is 1. The van der Waals surface area contributed by atoms with Gasteiger partial charge in [-0.05, 0) is 24.3 Å². The van der Waals surface area contributed by atoms with Crippen molar-refractivity contribution in [3.63, 3.8) is 0 Å². The zero-order valence-electron chi connectivity index (χ0n) is 12.5. The van der Waals surface area contributed by atoms with Gasteiger partial charge in [0.2, 0.25) is 0 Å². The van der Waals surface area contributed by atoms with E-state index in [9.17, 15) is 4.79 Å². The van der Waals surface area contributed by atoms with Crippen LogP contribution in [0.4, 0.5) is 5.69 Å². The number of carbonyl (C=O) groups is 1. The van der Waals surface area contributed by atoms with Crippen LogP contribution < -0.4 is 10.1 Å². The average molecular weight is 339 g/mol. The van der Waals surface area contributed by atoms with Gasteiger partial charge in [-0.3, -0.25) is 4.79 Å². The van der Waals surface area contributed by atoms with Gasteiger partial charge in [-0.2, -0.15) is 5.10 Å². The lowest BCUT2D eigenvalue weighted by molar-refractivity contribution is -0.122. The molecule has 3 aromatic rings. The minimum absolute atomic E-state index is 0.188. The second-order valence-corrected chi connectivity index (χ2v) is 6.16. The fourth-order valence-electron chi connectivity index (χ4n) is 2.29. The third-order valence-electron chi connectivity index (χ3n) is 3.47. The highest BCUT2D eigenvalue weighted by Gasteiger charge is 2.26. The van der Waals surface area contributed by atoms with Crippen LogP contribution in [0.2, 0.25) is 0 Å². The molecule has 2 aromatic heterocycles. The molecule has 0 fully saturated rings. The van der Waals surface area contributed by atoms with Crippen molar-refractivity contribution in [3.05, 3.63) is 55.2 Å². The normalized spacial score (nSPS) is 16.1. The summed E-state index contributed by atoms with van der Waals surface area (Å²) >= 11 is 1.62. The molecule has 1 amide bonds. The van der Waals surface area contributed by atoms with E-state index in [0.717, 1.165) is 10.6 Å². The van der Waals surface area contributed by atoms with Gasteiger partial charge in [0.25, 0.3) is 5.91 Å². The number of hydrogen-bond donors (Lipinski definition) is 1. The van der Waals surface area contributed by atoms with Gasteiger partial charge < -0.3 is 10.1 Å². The molecule has 0 spiro atoms. The summed E-state index contributed by atoms with van der Waals surface area (Å²) in [6, 6.07) is 11.2. The van der Waals surface area contributed by atoms with Crippen molar-refractivity contribution in [2.75, 3.05) is 11.1 Å². The van der Waals surface area contributed by atoms with Gasteiger partial charge in [0.05, 0.1) is 11.9 Å². The van der Waals surface area contributed by atoms with Gasteiger partial charge in [0.1, 0.15) is 18.4 Å². The van der Waals surface area contributed by atoms with Crippen LogP contribution in [0, 0.1) is 0 Å². The van der Waals surface area contributed by atoms with Crippen molar-refractivity contribution in [1.29, 1.82) is 0 Å². The number of para-hydroxylation sites is 1. The van der Waals surface area contributed by atoms with E-state index in [1.807, 2.05) is 24.3 Å². The molecule has 1 aliphatic heterocycles. The number of thioether (sulfide) groups is 1. The fraction of sp³-hybridized carbons (Fsp3) is 0.125. The molecular weight excluding hydrogens is 326 g/mol. The molecule has 1 atom stereocenters. The average Bonchev–Trinajstić information content (AvgIpc) is 3.16. The summed E-state index contributed by atoms with van der Waals surface area (Å²) < 4.78 is 7.32. The number of anilines is 1. The molecule has 0 saturated carbocycles. The molecule has 0 aliphatic carbocycles. The van der Waals surface area contributed by atoms with Gasteiger partial charge in [-0.25, -0.2) is 14.6 Å². The first kappa shape index (κ1) is 14.7. The Balaban J connectivity index is 1.43. The topological polar surface area (TPSA) is 81.9 Å². The maximum Gasteiger partial charge on any atom is 0.266 e. The van der Waals surface area contributed by atoms with Crippen LogP contribution in [0.25, 0.3) is 5.82 Å². The monoisotopic (exact) mass is 339 g/mol. The summed E-state index contributed by atoms with van der Waals surface area (Å²) in [5, 5.41) is 6.83. The predicted octanol–water partition coefficient (Wildman–Crippen LogP) is 2.15. The van der Waals surface area contributed by atoms with Gasteiger partial charge in [0.15, 0.2) is 11.9 Å². The van der Waals surface area contributed by atoms with Crippen LogP contribution in [0.3, 0.4) is 0 Å². The maximum absolute atomic E-state index is 12.4. The minimum Gasteiger partial charge on any atom is -0.479 e. The van der Waals surface area contributed by atoms with E-state index in [-0.39, 0.29) is 5.91 Å². The number of nitrogens with zero attached hydrogens (tertiary/aromatic N) is 4. The standard InChI is InChI=1S/C16H13N5O2S/c22-16(13-8-24-14-4-2-1-3-12(14)23-13)20-11-5-6-15(18-7-11)21-10-17-9-19-21/h1-7,9-10,13H,8H2,(H,20,22)/t13-/m1/s1. The zero-order chi connectivity index (χ0) is 16.4. The van der Waals surface area contributed by atoms with E-state index < -0.39 is 6.10 Å². The van der Waals surface area contributed by atoms with Crippen molar-refractivity contribution < 1.29 is 9.53 Å².